The molecule has 6 heteroatoms. The van der Waals surface area contributed by atoms with Crippen molar-refractivity contribution in [1.82, 2.24) is 0 Å². The molecule has 0 spiro atoms. The first-order chi connectivity index (χ1) is 21.3. The van der Waals surface area contributed by atoms with Crippen LogP contribution in [0.15, 0.2) is 121 Å². The van der Waals surface area contributed by atoms with Crippen LogP contribution in [0.5, 0.6) is 0 Å². The van der Waals surface area contributed by atoms with Crippen molar-refractivity contribution in [2.24, 2.45) is 0 Å². The Hall–Kier alpha value is -3.36. The standard InChI is InChI=1S/C37H42O6/c1-2-23-39-37-36(42-27-32-21-13-6-14-22-32)35(41-26-31-19-11-5-12-20-31)34(40-25-30-17-9-4-10-18-30)33(43-37)28-38-24-29-15-7-3-8-16-29/h3-22,33-37H,2,23-28H2,1H3/t33-,34-,35+,36-,37?/m1/s1. The van der Waals surface area contributed by atoms with Crippen molar-refractivity contribution in [1.29, 1.82) is 0 Å². The molecule has 1 saturated heterocycles. The van der Waals surface area contributed by atoms with Gasteiger partial charge in [-0.05, 0) is 28.7 Å². The quantitative estimate of drug-likeness (QED) is 0.140. The van der Waals surface area contributed by atoms with E-state index in [2.05, 4.69) is 55.5 Å². The van der Waals surface area contributed by atoms with Crippen molar-refractivity contribution in [2.75, 3.05) is 13.2 Å². The average molecular weight is 583 g/mol. The van der Waals surface area contributed by atoms with E-state index in [1.807, 2.05) is 72.8 Å². The molecular weight excluding hydrogens is 540 g/mol. The molecule has 0 bridgehead atoms. The van der Waals surface area contributed by atoms with E-state index in [9.17, 15) is 0 Å². The highest BCUT2D eigenvalue weighted by Gasteiger charge is 2.49. The first-order valence-corrected chi connectivity index (χ1v) is 15.2. The minimum atomic E-state index is -0.647. The van der Waals surface area contributed by atoms with Crippen molar-refractivity contribution >= 4 is 0 Å². The molecule has 0 aliphatic carbocycles. The fraction of sp³-hybridized carbons (Fsp3) is 0.351. The highest BCUT2D eigenvalue weighted by molar-refractivity contribution is 5.16. The van der Waals surface area contributed by atoms with Crippen LogP contribution in [0.2, 0.25) is 0 Å². The molecule has 4 aromatic rings. The van der Waals surface area contributed by atoms with Crippen LogP contribution < -0.4 is 0 Å². The fourth-order valence-electron chi connectivity index (χ4n) is 5.12. The molecule has 226 valence electrons. The first-order valence-electron chi connectivity index (χ1n) is 15.2. The largest absolute Gasteiger partial charge is 0.374 e. The zero-order chi connectivity index (χ0) is 29.5. The minimum Gasteiger partial charge on any atom is -0.374 e. The highest BCUT2D eigenvalue weighted by Crippen LogP contribution is 2.31. The van der Waals surface area contributed by atoms with Crippen molar-refractivity contribution < 1.29 is 28.4 Å². The Morgan fingerprint density at radius 2 is 0.907 bits per heavy atom. The van der Waals surface area contributed by atoms with Gasteiger partial charge in [0.2, 0.25) is 0 Å². The van der Waals surface area contributed by atoms with Gasteiger partial charge in [-0.2, -0.15) is 0 Å². The number of ether oxygens (including phenoxy) is 6. The number of hydrogen-bond acceptors (Lipinski definition) is 6. The highest BCUT2D eigenvalue weighted by atomic mass is 16.7. The van der Waals surface area contributed by atoms with E-state index < -0.39 is 30.7 Å². The average Bonchev–Trinajstić information content (AvgIpc) is 3.07. The predicted molar refractivity (Wildman–Crippen MR) is 166 cm³/mol. The monoisotopic (exact) mass is 582 g/mol. The summed E-state index contributed by atoms with van der Waals surface area (Å²) in [5.41, 5.74) is 4.30. The van der Waals surface area contributed by atoms with Gasteiger partial charge in [0.05, 0.1) is 33.0 Å². The lowest BCUT2D eigenvalue weighted by molar-refractivity contribution is -0.328. The molecule has 1 fully saturated rings. The molecule has 0 amide bonds. The van der Waals surface area contributed by atoms with E-state index in [0.717, 1.165) is 28.7 Å². The van der Waals surface area contributed by atoms with Gasteiger partial charge in [0.25, 0.3) is 0 Å². The summed E-state index contributed by atoms with van der Waals surface area (Å²) in [5, 5.41) is 0. The van der Waals surface area contributed by atoms with Crippen LogP contribution in [-0.4, -0.2) is 43.9 Å². The smallest absolute Gasteiger partial charge is 0.186 e. The summed E-state index contributed by atoms with van der Waals surface area (Å²) < 4.78 is 39.1. The van der Waals surface area contributed by atoms with Crippen LogP contribution in [0.4, 0.5) is 0 Å². The summed E-state index contributed by atoms with van der Waals surface area (Å²) in [4.78, 5) is 0. The molecule has 5 rings (SSSR count). The Morgan fingerprint density at radius 3 is 1.37 bits per heavy atom. The zero-order valence-electron chi connectivity index (χ0n) is 24.8. The van der Waals surface area contributed by atoms with Crippen LogP contribution in [0, 0.1) is 0 Å². The van der Waals surface area contributed by atoms with E-state index in [0.29, 0.717) is 39.6 Å². The molecule has 1 aliphatic rings. The molecule has 0 aromatic heterocycles. The van der Waals surface area contributed by atoms with E-state index >= 15 is 0 Å². The van der Waals surface area contributed by atoms with Crippen LogP contribution in [0.25, 0.3) is 0 Å². The third-order valence-corrected chi connectivity index (χ3v) is 7.33. The van der Waals surface area contributed by atoms with Crippen LogP contribution in [0.3, 0.4) is 0 Å². The second kappa shape index (κ2) is 17.1. The molecule has 43 heavy (non-hydrogen) atoms. The second-order valence-corrected chi connectivity index (χ2v) is 10.7. The third kappa shape index (κ3) is 9.57. The number of rotatable bonds is 16. The van der Waals surface area contributed by atoms with Crippen molar-refractivity contribution in [3.05, 3.63) is 144 Å². The molecule has 1 unspecified atom stereocenters. The second-order valence-electron chi connectivity index (χ2n) is 10.7. The third-order valence-electron chi connectivity index (χ3n) is 7.33. The zero-order valence-corrected chi connectivity index (χ0v) is 24.8. The molecule has 1 heterocycles. The molecule has 5 atom stereocenters. The lowest BCUT2D eigenvalue weighted by atomic mass is 9.97. The summed E-state index contributed by atoms with van der Waals surface area (Å²) >= 11 is 0. The lowest BCUT2D eigenvalue weighted by Gasteiger charge is -2.46. The minimum absolute atomic E-state index is 0.316. The summed E-state index contributed by atoms with van der Waals surface area (Å²) in [5.74, 6) is 0. The predicted octanol–water partition coefficient (Wildman–Crippen LogP) is 7.11. The number of benzene rings is 4. The molecule has 0 saturated carbocycles. The number of hydrogen-bond donors (Lipinski definition) is 0. The van der Waals surface area contributed by atoms with E-state index in [1.165, 1.54) is 0 Å². The van der Waals surface area contributed by atoms with Gasteiger partial charge >= 0.3 is 0 Å². The van der Waals surface area contributed by atoms with Gasteiger partial charge in [-0.25, -0.2) is 0 Å². The lowest BCUT2D eigenvalue weighted by Crippen LogP contribution is -2.61. The van der Waals surface area contributed by atoms with Gasteiger partial charge in [0, 0.05) is 6.61 Å². The van der Waals surface area contributed by atoms with Crippen molar-refractivity contribution in [3.63, 3.8) is 0 Å². The van der Waals surface area contributed by atoms with E-state index in [-0.39, 0.29) is 0 Å². The fourth-order valence-corrected chi connectivity index (χ4v) is 5.12. The Kier molecular flexibility index (Phi) is 12.3. The van der Waals surface area contributed by atoms with Gasteiger partial charge in [-0.15, -0.1) is 0 Å². The molecular formula is C37H42O6. The summed E-state index contributed by atoms with van der Waals surface area (Å²) in [6, 6.07) is 40.6. The van der Waals surface area contributed by atoms with Gasteiger partial charge in [0.1, 0.15) is 24.4 Å². The molecule has 1 aliphatic heterocycles. The van der Waals surface area contributed by atoms with Crippen LogP contribution in [-0.2, 0) is 54.8 Å². The molecule has 6 nitrogen and oxygen atoms in total. The molecule has 0 radical (unpaired) electrons. The topological polar surface area (TPSA) is 55.4 Å². The Labute approximate surface area is 255 Å². The van der Waals surface area contributed by atoms with Crippen LogP contribution >= 0.6 is 0 Å². The normalized spacial score (nSPS) is 21.9. The van der Waals surface area contributed by atoms with E-state index in [1.54, 1.807) is 0 Å². The molecule has 4 aromatic carbocycles. The summed E-state index contributed by atoms with van der Waals surface area (Å²) in [7, 11) is 0. The van der Waals surface area contributed by atoms with Gasteiger partial charge in [-0.1, -0.05) is 128 Å². The van der Waals surface area contributed by atoms with Gasteiger partial charge < -0.3 is 28.4 Å². The maximum Gasteiger partial charge on any atom is 0.186 e. The van der Waals surface area contributed by atoms with Crippen LogP contribution in [0.1, 0.15) is 35.6 Å². The van der Waals surface area contributed by atoms with Gasteiger partial charge in [-0.3, -0.25) is 0 Å². The van der Waals surface area contributed by atoms with Gasteiger partial charge in [0.15, 0.2) is 6.29 Å². The maximum atomic E-state index is 6.71. The summed E-state index contributed by atoms with van der Waals surface area (Å²) in [6.45, 7) is 4.60. The van der Waals surface area contributed by atoms with E-state index in [4.69, 9.17) is 28.4 Å². The first kappa shape index (κ1) is 31.1. The van der Waals surface area contributed by atoms with Crippen molar-refractivity contribution in [2.45, 2.75) is 70.5 Å². The van der Waals surface area contributed by atoms with Crippen molar-refractivity contribution in [3.8, 4) is 0 Å². The Morgan fingerprint density at radius 1 is 0.488 bits per heavy atom. The SMILES string of the molecule is CCCOC1O[C@H](COCc2ccccc2)[C@@H](OCc2ccccc2)[C@H](OCc2ccccc2)[C@H]1OCc1ccccc1. The Balaban J connectivity index is 1.41. The Bertz CT molecular complexity index is 1290. The molecule has 0 N–H and O–H groups in total. The maximum absolute atomic E-state index is 6.71. The summed E-state index contributed by atoms with van der Waals surface area (Å²) in [6.07, 6.45) is -1.71.